The highest BCUT2D eigenvalue weighted by Gasteiger charge is 2.23. The summed E-state index contributed by atoms with van der Waals surface area (Å²) < 4.78 is 0. The third-order valence-corrected chi connectivity index (χ3v) is 12.3. The van der Waals surface area contributed by atoms with Crippen molar-refractivity contribution in [2.75, 3.05) is 0 Å². The number of aromatic nitrogens is 3. The maximum atomic E-state index is 5.20. The molecule has 3 nitrogen and oxygen atoms in total. The summed E-state index contributed by atoms with van der Waals surface area (Å²) in [4.78, 5) is 15.4. The zero-order valence-corrected chi connectivity index (χ0v) is 33.7. The summed E-state index contributed by atoms with van der Waals surface area (Å²) in [7, 11) is 0. The third-order valence-electron chi connectivity index (χ3n) is 12.3. The molecular formula is C59H37N3. The number of rotatable bonds is 7. The van der Waals surface area contributed by atoms with Crippen LogP contribution in [0.4, 0.5) is 0 Å². The molecule has 11 aromatic rings. The quantitative estimate of drug-likeness (QED) is 0.161. The van der Waals surface area contributed by atoms with Crippen LogP contribution in [0.1, 0.15) is 0 Å². The van der Waals surface area contributed by atoms with Crippen molar-refractivity contribution >= 4 is 21.5 Å². The molecule has 12 rings (SSSR count). The van der Waals surface area contributed by atoms with Crippen molar-refractivity contribution in [1.29, 1.82) is 0 Å². The van der Waals surface area contributed by atoms with Crippen molar-refractivity contribution < 1.29 is 0 Å². The van der Waals surface area contributed by atoms with E-state index in [1.54, 1.807) is 0 Å². The van der Waals surface area contributed by atoms with Crippen LogP contribution in [-0.4, -0.2) is 15.0 Å². The lowest BCUT2D eigenvalue weighted by Gasteiger charge is -2.15. The van der Waals surface area contributed by atoms with E-state index < -0.39 is 0 Å². The second-order valence-electron chi connectivity index (χ2n) is 15.9. The lowest BCUT2D eigenvalue weighted by molar-refractivity contribution is 1.07. The number of benzene rings is 10. The Morgan fingerprint density at radius 1 is 0.210 bits per heavy atom. The molecule has 0 saturated heterocycles. The molecule has 0 radical (unpaired) electrons. The summed E-state index contributed by atoms with van der Waals surface area (Å²) in [6, 6.07) is 80.1. The maximum absolute atomic E-state index is 5.20. The highest BCUT2D eigenvalue weighted by molar-refractivity contribution is 6.18. The van der Waals surface area contributed by atoms with Crippen LogP contribution in [0.5, 0.6) is 0 Å². The molecule has 10 aromatic carbocycles. The van der Waals surface area contributed by atoms with E-state index in [-0.39, 0.29) is 0 Å². The largest absolute Gasteiger partial charge is 0.208 e. The van der Waals surface area contributed by atoms with Crippen molar-refractivity contribution in [3.8, 4) is 101 Å². The van der Waals surface area contributed by atoms with Gasteiger partial charge in [0.15, 0.2) is 17.5 Å². The molecule has 1 aliphatic carbocycles. The first-order chi connectivity index (χ1) is 30.7. The molecule has 0 spiro atoms. The minimum atomic E-state index is 0.626. The van der Waals surface area contributed by atoms with Crippen LogP contribution in [0.25, 0.3) is 122 Å². The van der Waals surface area contributed by atoms with Crippen LogP contribution >= 0.6 is 0 Å². The van der Waals surface area contributed by atoms with Crippen molar-refractivity contribution in [2.45, 2.75) is 0 Å². The Kier molecular flexibility index (Phi) is 8.50. The van der Waals surface area contributed by atoms with Gasteiger partial charge in [-0.2, -0.15) is 0 Å². The summed E-state index contributed by atoms with van der Waals surface area (Å²) in [5, 5.41) is 5.02. The van der Waals surface area contributed by atoms with Gasteiger partial charge in [0, 0.05) is 16.7 Å². The lowest BCUT2D eigenvalue weighted by atomic mass is 9.90. The van der Waals surface area contributed by atoms with Crippen LogP contribution in [0.15, 0.2) is 224 Å². The van der Waals surface area contributed by atoms with Gasteiger partial charge in [-0.15, -0.1) is 0 Å². The first-order valence-corrected chi connectivity index (χ1v) is 21.1. The molecule has 0 saturated carbocycles. The molecule has 0 N–H and O–H groups in total. The van der Waals surface area contributed by atoms with Gasteiger partial charge >= 0.3 is 0 Å². The highest BCUT2D eigenvalue weighted by atomic mass is 15.0. The van der Waals surface area contributed by atoms with E-state index in [2.05, 4.69) is 194 Å². The second kappa shape index (κ2) is 14.8. The first kappa shape index (κ1) is 35.7. The van der Waals surface area contributed by atoms with E-state index in [4.69, 9.17) is 15.0 Å². The Balaban J connectivity index is 0.975. The van der Waals surface area contributed by atoms with Gasteiger partial charge in [0.25, 0.3) is 0 Å². The molecule has 288 valence electrons. The second-order valence-corrected chi connectivity index (χ2v) is 15.9. The van der Waals surface area contributed by atoms with Crippen molar-refractivity contribution in [1.82, 2.24) is 15.0 Å². The summed E-state index contributed by atoms with van der Waals surface area (Å²) in [5.74, 6) is 1.90. The van der Waals surface area contributed by atoms with E-state index in [9.17, 15) is 0 Å². The zero-order chi connectivity index (χ0) is 41.0. The van der Waals surface area contributed by atoms with Crippen LogP contribution in [0.3, 0.4) is 0 Å². The Morgan fingerprint density at radius 3 is 1.47 bits per heavy atom. The van der Waals surface area contributed by atoms with Crippen LogP contribution in [0, 0.1) is 0 Å². The first-order valence-electron chi connectivity index (χ1n) is 21.1. The molecule has 0 atom stereocenters. The zero-order valence-electron chi connectivity index (χ0n) is 33.7. The lowest BCUT2D eigenvalue weighted by Crippen LogP contribution is -2.01. The number of nitrogens with zero attached hydrogens (tertiary/aromatic N) is 3. The minimum absolute atomic E-state index is 0.626. The Morgan fingerprint density at radius 2 is 0.694 bits per heavy atom. The smallest absolute Gasteiger partial charge is 0.164 e. The summed E-state index contributed by atoms with van der Waals surface area (Å²) >= 11 is 0. The minimum Gasteiger partial charge on any atom is -0.208 e. The standard InChI is InChI=1S/C59H37N3/c1-3-16-38(17-4-1)46-25-9-12-29-54(46)59-61-57(39-18-5-2-6-19-39)60-58(62-59)44-24-13-21-40(34-44)45-36-41-20-7-8-26-47(41)55(37-45)43-23-14-22-42(35-43)48-32-33-53-50-28-11-10-27-49(50)52-31-15-30-51(48)56(52)53/h1-37H. The number of hydrogen-bond acceptors (Lipinski definition) is 3. The molecular weight excluding hydrogens is 751 g/mol. The van der Waals surface area contributed by atoms with Gasteiger partial charge in [-0.05, 0) is 113 Å². The van der Waals surface area contributed by atoms with E-state index in [0.717, 1.165) is 38.9 Å². The van der Waals surface area contributed by atoms with Gasteiger partial charge < -0.3 is 0 Å². The van der Waals surface area contributed by atoms with E-state index >= 15 is 0 Å². The summed E-state index contributed by atoms with van der Waals surface area (Å²) in [5.41, 5.74) is 17.3. The van der Waals surface area contributed by atoms with Gasteiger partial charge in [-0.1, -0.05) is 200 Å². The third kappa shape index (κ3) is 6.10. The van der Waals surface area contributed by atoms with Crippen molar-refractivity contribution in [3.05, 3.63) is 224 Å². The normalized spacial score (nSPS) is 11.5. The number of hydrogen-bond donors (Lipinski definition) is 0. The molecule has 1 heterocycles. The molecule has 0 fully saturated rings. The fraction of sp³-hybridized carbons (Fsp3) is 0. The Bertz CT molecular complexity index is 3490. The van der Waals surface area contributed by atoms with Crippen molar-refractivity contribution in [2.24, 2.45) is 0 Å². The van der Waals surface area contributed by atoms with Gasteiger partial charge in [0.2, 0.25) is 0 Å². The predicted octanol–water partition coefficient (Wildman–Crippen LogP) is 15.5. The predicted molar refractivity (Wildman–Crippen MR) is 257 cm³/mol. The van der Waals surface area contributed by atoms with E-state index in [1.807, 2.05) is 30.3 Å². The van der Waals surface area contributed by atoms with Crippen molar-refractivity contribution in [3.63, 3.8) is 0 Å². The summed E-state index contributed by atoms with van der Waals surface area (Å²) in [6.07, 6.45) is 0. The average Bonchev–Trinajstić information content (AvgIpc) is 3.68. The van der Waals surface area contributed by atoms with Gasteiger partial charge in [0.1, 0.15) is 0 Å². The van der Waals surface area contributed by atoms with Crippen LogP contribution in [0.2, 0.25) is 0 Å². The molecule has 0 bridgehead atoms. The molecule has 0 unspecified atom stereocenters. The molecule has 1 aliphatic rings. The fourth-order valence-corrected chi connectivity index (χ4v) is 9.36. The van der Waals surface area contributed by atoms with Crippen LogP contribution < -0.4 is 0 Å². The SMILES string of the molecule is c1ccc(-c2nc(-c3cccc(-c4cc(-c5cccc(-c6ccc7c8c(cccc68)-c6ccccc6-7)c5)c5ccccc5c4)c3)nc(-c3ccccc3-c3ccccc3)n2)cc1. The molecule has 62 heavy (non-hydrogen) atoms. The molecule has 3 heteroatoms. The fourth-order valence-electron chi connectivity index (χ4n) is 9.36. The topological polar surface area (TPSA) is 38.7 Å². The maximum Gasteiger partial charge on any atom is 0.164 e. The van der Waals surface area contributed by atoms with Gasteiger partial charge in [-0.25, -0.2) is 15.0 Å². The Labute approximate surface area is 360 Å². The monoisotopic (exact) mass is 787 g/mol. The molecule has 1 aromatic heterocycles. The van der Waals surface area contributed by atoms with E-state index in [1.165, 1.54) is 66.1 Å². The van der Waals surface area contributed by atoms with Crippen LogP contribution in [-0.2, 0) is 0 Å². The summed E-state index contributed by atoms with van der Waals surface area (Å²) in [6.45, 7) is 0. The molecule has 0 aliphatic heterocycles. The highest BCUT2D eigenvalue weighted by Crippen LogP contribution is 2.49. The van der Waals surface area contributed by atoms with Gasteiger partial charge in [0.05, 0.1) is 0 Å². The van der Waals surface area contributed by atoms with Gasteiger partial charge in [-0.3, -0.25) is 0 Å². The average molecular weight is 788 g/mol. The number of fused-ring (bicyclic) bond motifs is 4. The molecule has 0 amide bonds. The Hall–Kier alpha value is -8.27. The van der Waals surface area contributed by atoms with E-state index in [0.29, 0.717) is 17.5 Å².